The lowest BCUT2D eigenvalue weighted by Crippen LogP contribution is -2.33. The molecule has 1 heterocycles. The highest BCUT2D eigenvalue weighted by molar-refractivity contribution is 7.91. The molecule has 0 amide bonds. The second-order valence-electron chi connectivity index (χ2n) is 1.15. The largest absolute Gasteiger partial charge is 0.421 e. The fourth-order valence-electron chi connectivity index (χ4n) is 0.293. The van der Waals surface area contributed by atoms with E-state index in [1.165, 1.54) is 21.1 Å². The van der Waals surface area contributed by atoms with Crippen LogP contribution < -0.4 is 9.11 Å². The van der Waals surface area contributed by atoms with Crippen molar-refractivity contribution in [2.45, 2.75) is 0 Å². The molecule has 0 saturated carbocycles. The van der Waals surface area contributed by atoms with E-state index in [9.17, 15) is 0 Å². The summed E-state index contributed by atoms with van der Waals surface area (Å²) in [7, 11) is 1.67. The molecule has 44 valence electrons. The van der Waals surface area contributed by atoms with E-state index in [1.807, 2.05) is 6.26 Å². The van der Waals surface area contributed by atoms with Crippen molar-refractivity contribution >= 4 is 11.9 Å². The highest BCUT2D eigenvalue weighted by atomic mass is 32.2. The molecule has 0 radical (unpaired) electrons. The van der Waals surface area contributed by atoms with Gasteiger partial charge in [-0.25, -0.2) is 0 Å². The van der Waals surface area contributed by atoms with E-state index in [2.05, 4.69) is 10.4 Å². The normalized spacial score (nSPS) is 9.75. The molecule has 1 rings (SSSR count). The highest BCUT2D eigenvalue weighted by Gasteiger charge is 2.14. The molecule has 0 spiro atoms. The van der Waals surface area contributed by atoms with Crippen LogP contribution in [0.2, 0.25) is 0 Å². The first-order valence-corrected chi connectivity index (χ1v) is 3.18. The molecule has 0 fully saturated rings. The summed E-state index contributed by atoms with van der Waals surface area (Å²) in [6.45, 7) is 0. The summed E-state index contributed by atoms with van der Waals surface area (Å²) >= 11 is 1.35. The van der Waals surface area contributed by atoms with Crippen LogP contribution in [-0.4, -0.2) is 16.7 Å². The molecular formula is C2H6N4OS+2. The van der Waals surface area contributed by atoms with Gasteiger partial charge >= 0.3 is 10.4 Å². The summed E-state index contributed by atoms with van der Waals surface area (Å²) in [5.74, 6) is 0. The van der Waals surface area contributed by atoms with E-state index in [-0.39, 0.29) is 0 Å². The van der Waals surface area contributed by atoms with Crippen molar-refractivity contribution in [2.75, 3.05) is 6.26 Å². The van der Waals surface area contributed by atoms with Gasteiger partial charge in [0, 0.05) is 10.9 Å². The summed E-state index contributed by atoms with van der Waals surface area (Å²) in [5.41, 5.74) is 0. The van der Waals surface area contributed by atoms with Crippen LogP contribution in [0.1, 0.15) is 0 Å². The van der Waals surface area contributed by atoms with Crippen molar-refractivity contribution in [3.8, 4) is 0 Å². The summed E-state index contributed by atoms with van der Waals surface area (Å²) in [4.78, 5) is 1.27. The lowest BCUT2D eigenvalue weighted by atomic mass is 11.5. The van der Waals surface area contributed by atoms with E-state index in [1.54, 1.807) is 7.05 Å². The van der Waals surface area contributed by atoms with E-state index in [0.29, 0.717) is 0 Å². The Morgan fingerprint density at radius 3 is 2.50 bits per heavy atom. The average Bonchev–Trinajstić information content (AvgIpc) is 2.14. The maximum Gasteiger partial charge on any atom is 0.421 e. The second kappa shape index (κ2) is 2.08. The second-order valence-corrected chi connectivity index (χ2v) is 1.82. The fraction of sp³-hybridized carbons (Fsp3) is 1.00. The van der Waals surface area contributed by atoms with Gasteiger partial charge in [-0.15, -0.1) is 0 Å². The summed E-state index contributed by atoms with van der Waals surface area (Å²) in [6.07, 6.45) is 1.85. The van der Waals surface area contributed by atoms with Crippen molar-refractivity contribution in [3.63, 3.8) is 0 Å². The van der Waals surface area contributed by atoms with Crippen LogP contribution in [0.5, 0.6) is 0 Å². The summed E-state index contributed by atoms with van der Waals surface area (Å²) in [5, 5.41) is 7.09. The van der Waals surface area contributed by atoms with Crippen molar-refractivity contribution in [1.82, 2.24) is 10.4 Å². The molecule has 6 heteroatoms. The SMILES string of the molecule is CS[n+]1nn[n+](C)o1. The predicted octanol–water partition coefficient (Wildman–Crippen LogP) is -1.69. The van der Waals surface area contributed by atoms with E-state index in [0.717, 1.165) is 0 Å². The molecule has 1 aromatic rings. The zero-order chi connectivity index (χ0) is 5.98. The van der Waals surface area contributed by atoms with E-state index >= 15 is 0 Å². The number of rotatable bonds is 1. The van der Waals surface area contributed by atoms with Gasteiger partial charge in [0.1, 0.15) is 0 Å². The number of nitrogens with zero attached hydrogens (tertiary/aromatic N) is 4. The molecule has 0 unspecified atom stereocenters. The van der Waals surface area contributed by atoms with Crippen LogP contribution in [0.15, 0.2) is 4.63 Å². The van der Waals surface area contributed by atoms with Crippen LogP contribution >= 0.6 is 11.9 Å². The van der Waals surface area contributed by atoms with Crippen LogP contribution in [0.4, 0.5) is 0 Å². The fourth-order valence-corrected chi connectivity index (χ4v) is 0.561. The zero-order valence-corrected chi connectivity index (χ0v) is 5.42. The van der Waals surface area contributed by atoms with Crippen LogP contribution in [0.25, 0.3) is 0 Å². The maximum absolute atomic E-state index is 4.81. The lowest BCUT2D eigenvalue weighted by molar-refractivity contribution is -1.02. The highest BCUT2D eigenvalue weighted by Crippen LogP contribution is 1.73. The zero-order valence-electron chi connectivity index (χ0n) is 4.61. The molecule has 0 aliphatic heterocycles. The molecule has 5 nitrogen and oxygen atoms in total. The minimum absolute atomic E-state index is 1.27. The Balaban J connectivity index is 2.84. The van der Waals surface area contributed by atoms with Crippen LogP contribution in [0, 0.1) is 0 Å². The van der Waals surface area contributed by atoms with Crippen LogP contribution in [0.3, 0.4) is 0 Å². The van der Waals surface area contributed by atoms with Crippen molar-refractivity contribution in [1.29, 1.82) is 0 Å². The molecule has 0 saturated heterocycles. The van der Waals surface area contributed by atoms with Gasteiger partial charge in [-0.1, -0.05) is 0 Å². The molecule has 0 aromatic carbocycles. The Morgan fingerprint density at radius 1 is 1.50 bits per heavy atom. The lowest BCUT2D eigenvalue weighted by Gasteiger charge is -1.60. The molecule has 0 N–H and O–H groups in total. The third-order valence-corrected chi connectivity index (χ3v) is 1.04. The summed E-state index contributed by atoms with van der Waals surface area (Å²) < 4.78 is 6.11. The first kappa shape index (κ1) is 5.49. The Hall–Kier alpha value is -0.650. The van der Waals surface area contributed by atoms with Gasteiger partial charge in [-0.05, 0) is 0 Å². The molecule has 0 atom stereocenters. The van der Waals surface area contributed by atoms with Gasteiger partial charge in [0.25, 0.3) is 0 Å². The van der Waals surface area contributed by atoms with E-state index < -0.39 is 0 Å². The quantitative estimate of drug-likeness (QED) is 0.430. The molecule has 1 aromatic heterocycles. The smallest absolute Gasteiger partial charge is 0.00983 e. The Labute approximate surface area is 50.3 Å². The third kappa shape index (κ3) is 0.945. The van der Waals surface area contributed by atoms with Gasteiger partial charge < -0.3 is 0 Å². The van der Waals surface area contributed by atoms with Crippen molar-refractivity contribution < 1.29 is 13.7 Å². The summed E-state index contributed by atoms with van der Waals surface area (Å²) in [6, 6.07) is 0. The first-order valence-electron chi connectivity index (χ1n) is 2.00. The van der Waals surface area contributed by atoms with Gasteiger partial charge in [0.05, 0.1) is 0 Å². The molecule has 8 heavy (non-hydrogen) atoms. The molecule has 0 aliphatic rings. The molecule has 0 aliphatic carbocycles. The Bertz CT molecular complexity index is 174. The average molecular weight is 134 g/mol. The van der Waals surface area contributed by atoms with Crippen molar-refractivity contribution in [2.24, 2.45) is 7.05 Å². The standard InChI is InChI=1S/C2H6N4OS/c1-5-3-4-6(7-5)8-2/h1-2H3/q+2. The van der Waals surface area contributed by atoms with E-state index in [4.69, 9.17) is 4.63 Å². The third-order valence-electron chi connectivity index (χ3n) is 0.583. The van der Waals surface area contributed by atoms with Gasteiger partial charge in [0.2, 0.25) is 16.2 Å². The van der Waals surface area contributed by atoms with Crippen LogP contribution in [-0.2, 0) is 7.05 Å². The topological polar surface area (TPSA) is 46.7 Å². The van der Waals surface area contributed by atoms with Gasteiger partial charge in [-0.2, -0.15) is 0 Å². The van der Waals surface area contributed by atoms with Gasteiger partial charge in [-0.3, -0.25) is 0 Å². The van der Waals surface area contributed by atoms with Crippen molar-refractivity contribution in [3.05, 3.63) is 0 Å². The number of hydrogen-bond acceptors (Lipinski definition) is 4. The molecule has 0 bridgehead atoms. The van der Waals surface area contributed by atoms with Gasteiger partial charge in [0.15, 0.2) is 11.9 Å². The Morgan fingerprint density at radius 2 is 2.25 bits per heavy atom. The Kier molecular flexibility index (Phi) is 1.43. The minimum atomic E-state index is 1.27. The number of aryl methyl sites for hydroxylation is 1. The molecular weight excluding hydrogens is 128 g/mol. The maximum atomic E-state index is 4.81. The monoisotopic (exact) mass is 134 g/mol. The minimum Gasteiger partial charge on any atom is 0.00983 e. The number of aromatic nitrogens is 4. The number of hydrogen-bond donors (Lipinski definition) is 0. The predicted molar refractivity (Wildman–Crippen MR) is 24.6 cm³/mol. The first-order chi connectivity index (χ1) is 3.83.